The third-order valence-corrected chi connectivity index (χ3v) is 8.16. The molecule has 1 aromatic carbocycles. The summed E-state index contributed by atoms with van der Waals surface area (Å²) in [5, 5.41) is -0.295. The third kappa shape index (κ3) is 8.18. The monoisotopic (exact) mass is 403 g/mol. The Hall–Kier alpha value is -0.920. The van der Waals surface area contributed by atoms with Crippen LogP contribution in [0.3, 0.4) is 0 Å². The fourth-order valence-electron chi connectivity index (χ4n) is 2.64. The molecule has 1 aromatic rings. The molecule has 0 fully saturated rings. The van der Waals surface area contributed by atoms with Gasteiger partial charge in [0.2, 0.25) is 10.0 Å². The lowest BCUT2D eigenvalue weighted by Gasteiger charge is -2.11. The molecule has 26 heavy (non-hydrogen) atoms. The highest BCUT2D eigenvalue weighted by molar-refractivity contribution is 7.91. The van der Waals surface area contributed by atoms with E-state index in [4.69, 9.17) is 0 Å². The minimum Gasteiger partial charge on any atom is -0.229 e. The molecule has 0 bridgehead atoms. The number of aryl methyl sites for hydroxylation is 1. The summed E-state index contributed by atoms with van der Waals surface area (Å²) in [5.74, 6) is 0.271. The van der Waals surface area contributed by atoms with Crippen molar-refractivity contribution < 1.29 is 16.8 Å². The zero-order valence-corrected chi connectivity index (χ0v) is 18.0. The molecule has 5 nitrogen and oxygen atoms in total. The molecule has 0 aliphatic carbocycles. The van der Waals surface area contributed by atoms with Gasteiger partial charge in [-0.25, -0.2) is 21.6 Å². The standard InChI is InChI=1S/C19H33NO4S2/c1-16(2)20-26(23,24)19-13-10-12-18(15-19)11-8-6-5-7-9-14-25(21,22)17(3)4/h10,12-13,15-17,20H,5-9,11,14H2,1-4H3. The summed E-state index contributed by atoms with van der Waals surface area (Å²) in [6.45, 7) is 7.04. The van der Waals surface area contributed by atoms with Crippen molar-refractivity contribution >= 4 is 19.9 Å². The average Bonchev–Trinajstić information content (AvgIpc) is 2.53. The van der Waals surface area contributed by atoms with E-state index in [0.717, 1.165) is 44.1 Å². The van der Waals surface area contributed by atoms with E-state index in [1.54, 1.807) is 45.9 Å². The van der Waals surface area contributed by atoms with Crippen LogP contribution in [0.25, 0.3) is 0 Å². The predicted octanol–water partition coefficient (Wildman–Crippen LogP) is 3.69. The number of hydrogen-bond acceptors (Lipinski definition) is 4. The lowest BCUT2D eigenvalue weighted by Crippen LogP contribution is -2.30. The highest BCUT2D eigenvalue weighted by Gasteiger charge is 2.16. The smallest absolute Gasteiger partial charge is 0.229 e. The SMILES string of the molecule is CC(C)NS(=O)(=O)c1cccc(CCCCCCCS(=O)(=O)C(C)C)c1. The molecule has 0 aromatic heterocycles. The number of sulfonamides is 1. The van der Waals surface area contributed by atoms with Crippen LogP contribution in [0.15, 0.2) is 29.2 Å². The van der Waals surface area contributed by atoms with E-state index in [9.17, 15) is 16.8 Å². The minimum atomic E-state index is -3.45. The van der Waals surface area contributed by atoms with Crippen molar-refractivity contribution in [3.63, 3.8) is 0 Å². The van der Waals surface area contributed by atoms with Crippen LogP contribution in [-0.4, -0.2) is 33.9 Å². The first-order valence-corrected chi connectivity index (χ1v) is 12.6. The van der Waals surface area contributed by atoms with Crippen LogP contribution in [0.2, 0.25) is 0 Å². The van der Waals surface area contributed by atoms with Crippen molar-refractivity contribution in [2.75, 3.05) is 5.75 Å². The molecule has 0 saturated heterocycles. The Labute approximate surface area is 159 Å². The summed E-state index contributed by atoms with van der Waals surface area (Å²) in [4.78, 5) is 0.308. The summed E-state index contributed by atoms with van der Waals surface area (Å²) in [7, 11) is -6.38. The van der Waals surface area contributed by atoms with Gasteiger partial charge in [-0.2, -0.15) is 0 Å². The van der Waals surface area contributed by atoms with Crippen molar-refractivity contribution in [1.82, 2.24) is 4.72 Å². The number of rotatable bonds is 12. The molecule has 0 aliphatic heterocycles. The summed E-state index contributed by atoms with van der Waals surface area (Å²) < 4.78 is 50.5. The summed E-state index contributed by atoms with van der Waals surface area (Å²) in [6.07, 6.45) is 5.45. The van der Waals surface area contributed by atoms with Crippen LogP contribution in [0.5, 0.6) is 0 Å². The van der Waals surface area contributed by atoms with Crippen LogP contribution < -0.4 is 4.72 Å². The van der Waals surface area contributed by atoms with Gasteiger partial charge in [0.05, 0.1) is 15.9 Å². The molecule has 1 rings (SSSR count). The summed E-state index contributed by atoms with van der Waals surface area (Å²) >= 11 is 0. The zero-order chi connectivity index (χ0) is 19.8. The van der Waals surface area contributed by atoms with Gasteiger partial charge in [-0.15, -0.1) is 0 Å². The van der Waals surface area contributed by atoms with E-state index in [0.29, 0.717) is 4.90 Å². The quantitative estimate of drug-likeness (QED) is 0.540. The lowest BCUT2D eigenvalue weighted by molar-refractivity contribution is 0.569. The Morgan fingerprint density at radius 2 is 1.50 bits per heavy atom. The first-order valence-electron chi connectivity index (χ1n) is 9.37. The second kappa shape index (κ2) is 10.4. The first kappa shape index (κ1) is 23.1. The van der Waals surface area contributed by atoms with Crippen molar-refractivity contribution in [2.45, 2.75) is 82.4 Å². The molecule has 0 spiro atoms. The van der Waals surface area contributed by atoms with Gasteiger partial charge in [-0.1, -0.05) is 31.4 Å². The average molecular weight is 404 g/mol. The molecule has 0 aliphatic rings. The van der Waals surface area contributed by atoms with Crippen molar-refractivity contribution in [1.29, 1.82) is 0 Å². The maximum atomic E-state index is 12.2. The Morgan fingerprint density at radius 3 is 2.12 bits per heavy atom. The normalized spacial score (nSPS) is 12.8. The fraction of sp³-hybridized carbons (Fsp3) is 0.684. The molecule has 0 unspecified atom stereocenters. The molecule has 0 heterocycles. The number of sulfone groups is 1. The molecule has 0 atom stereocenters. The molecular weight excluding hydrogens is 370 g/mol. The Bertz CT molecular complexity index is 753. The lowest BCUT2D eigenvalue weighted by atomic mass is 10.1. The summed E-state index contributed by atoms with van der Waals surface area (Å²) in [6, 6.07) is 6.94. The number of benzene rings is 1. The van der Waals surface area contributed by atoms with Crippen LogP contribution in [0.1, 0.15) is 65.4 Å². The largest absolute Gasteiger partial charge is 0.240 e. The Morgan fingerprint density at radius 1 is 0.885 bits per heavy atom. The molecular formula is C19H33NO4S2. The van der Waals surface area contributed by atoms with E-state index < -0.39 is 19.9 Å². The molecule has 150 valence electrons. The maximum Gasteiger partial charge on any atom is 0.240 e. The highest BCUT2D eigenvalue weighted by atomic mass is 32.2. The Kier molecular flexibility index (Phi) is 9.27. The van der Waals surface area contributed by atoms with Gasteiger partial charge in [0.25, 0.3) is 0 Å². The van der Waals surface area contributed by atoms with E-state index in [-0.39, 0.29) is 17.0 Å². The zero-order valence-electron chi connectivity index (χ0n) is 16.4. The van der Waals surface area contributed by atoms with Gasteiger partial charge in [-0.3, -0.25) is 0 Å². The molecule has 7 heteroatoms. The maximum absolute atomic E-state index is 12.2. The van der Waals surface area contributed by atoms with E-state index >= 15 is 0 Å². The topological polar surface area (TPSA) is 80.3 Å². The van der Waals surface area contributed by atoms with Crippen LogP contribution in [-0.2, 0) is 26.3 Å². The fourth-order valence-corrected chi connectivity index (χ4v) is 5.04. The van der Waals surface area contributed by atoms with E-state index in [1.807, 2.05) is 6.07 Å². The van der Waals surface area contributed by atoms with Gasteiger partial charge in [-0.05, 0) is 64.7 Å². The molecule has 0 saturated carbocycles. The second-order valence-corrected chi connectivity index (χ2v) is 11.7. The molecule has 1 N–H and O–H groups in total. The highest BCUT2D eigenvalue weighted by Crippen LogP contribution is 2.15. The summed E-state index contributed by atoms with van der Waals surface area (Å²) in [5.41, 5.74) is 1.01. The van der Waals surface area contributed by atoms with E-state index in [1.165, 1.54) is 0 Å². The van der Waals surface area contributed by atoms with Gasteiger partial charge >= 0.3 is 0 Å². The van der Waals surface area contributed by atoms with Crippen molar-refractivity contribution in [2.24, 2.45) is 0 Å². The van der Waals surface area contributed by atoms with Crippen LogP contribution in [0, 0.1) is 0 Å². The first-order chi connectivity index (χ1) is 12.0. The van der Waals surface area contributed by atoms with Gasteiger partial charge < -0.3 is 0 Å². The van der Waals surface area contributed by atoms with Gasteiger partial charge in [0.15, 0.2) is 9.84 Å². The van der Waals surface area contributed by atoms with Crippen LogP contribution in [0.4, 0.5) is 0 Å². The minimum absolute atomic E-state index is 0.136. The van der Waals surface area contributed by atoms with Gasteiger partial charge in [0, 0.05) is 6.04 Å². The second-order valence-electron chi connectivity index (χ2n) is 7.36. The van der Waals surface area contributed by atoms with Crippen molar-refractivity contribution in [3.05, 3.63) is 29.8 Å². The molecule has 0 radical (unpaired) electrons. The third-order valence-electron chi connectivity index (χ3n) is 4.21. The number of hydrogen-bond donors (Lipinski definition) is 1. The van der Waals surface area contributed by atoms with E-state index in [2.05, 4.69) is 4.72 Å². The number of unbranched alkanes of at least 4 members (excludes halogenated alkanes) is 4. The van der Waals surface area contributed by atoms with Crippen LogP contribution >= 0.6 is 0 Å². The van der Waals surface area contributed by atoms with Crippen molar-refractivity contribution in [3.8, 4) is 0 Å². The molecule has 0 amide bonds. The van der Waals surface area contributed by atoms with Gasteiger partial charge in [0.1, 0.15) is 0 Å². The predicted molar refractivity (Wildman–Crippen MR) is 108 cm³/mol. The Balaban J connectivity index is 2.37. The number of nitrogens with one attached hydrogen (secondary N) is 1.